The SMILES string of the molecule is CC(=O)C1=C(O)C=C(C)CC1. The van der Waals surface area contributed by atoms with Gasteiger partial charge < -0.3 is 5.11 Å². The molecule has 0 fully saturated rings. The third-order valence-electron chi connectivity index (χ3n) is 1.89. The first-order valence-corrected chi connectivity index (χ1v) is 3.71. The summed E-state index contributed by atoms with van der Waals surface area (Å²) in [5.41, 5.74) is 1.70. The molecule has 1 rings (SSSR count). The van der Waals surface area contributed by atoms with E-state index in [9.17, 15) is 9.90 Å². The molecule has 0 aromatic heterocycles. The Morgan fingerprint density at radius 3 is 2.64 bits per heavy atom. The predicted octanol–water partition coefficient (Wildman–Crippen LogP) is 2.13. The first-order chi connectivity index (χ1) is 5.11. The third-order valence-corrected chi connectivity index (χ3v) is 1.89. The zero-order valence-corrected chi connectivity index (χ0v) is 6.85. The Bertz CT molecular complexity index is 246. The largest absolute Gasteiger partial charge is 0.508 e. The minimum absolute atomic E-state index is 0.0220. The highest BCUT2D eigenvalue weighted by Crippen LogP contribution is 2.22. The van der Waals surface area contributed by atoms with E-state index in [1.54, 1.807) is 6.08 Å². The molecule has 0 saturated carbocycles. The minimum Gasteiger partial charge on any atom is -0.508 e. The molecule has 1 N–H and O–H groups in total. The number of hydrogen-bond acceptors (Lipinski definition) is 2. The topological polar surface area (TPSA) is 37.3 Å². The molecule has 2 heteroatoms. The molecule has 0 aromatic carbocycles. The average molecular weight is 152 g/mol. The second-order valence-electron chi connectivity index (χ2n) is 2.91. The smallest absolute Gasteiger partial charge is 0.159 e. The highest BCUT2D eigenvalue weighted by atomic mass is 16.3. The van der Waals surface area contributed by atoms with Gasteiger partial charge in [-0.1, -0.05) is 5.57 Å². The standard InChI is InChI=1S/C9H12O2/c1-6-3-4-8(7(2)10)9(11)5-6/h5,11H,3-4H2,1-2H3. The number of rotatable bonds is 1. The van der Waals surface area contributed by atoms with E-state index in [0.717, 1.165) is 12.0 Å². The number of ketones is 1. The molecule has 0 radical (unpaired) electrons. The van der Waals surface area contributed by atoms with Crippen molar-refractivity contribution < 1.29 is 9.90 Å². The van der Waals surface area contributed by atoms with Crippen molar-refractivity contribution in [3.63, 3.8) is 0 Å². The van der Waals surface area contributed by atoms with Gasteiger partial charge in [-0.3, -0.25) is 4.79 Å². The Labute approximate surface area is 66.2 Å². The van der Waals surface area contributed by atoms with Crippen LogP contribution in [0.1, 0.15) is 26.7 Å². The zero-order valence-electron chi connectivity index (χ0n) is 6.85. The van der Waals surface area contributed by atoms with Gasteiger partial charge in [-0.05, 0) is 32.8 Å². The fourth-order valence-corrected chi connectivity index (χ4v) is 1.20. The molecule has 0 bridgehead atoms. The summed E-state index contributed by atoms with van der Waals surface area (Å²) in [6.45, 7) is 3.44. The van der Waals surface area contributed by atoms with Crippen LogP contribution in [-0.4, -0.2) is 10.9 Å². The maximum absolute atomic E-state index is 10.9. The molecule has 0 unspecified atom stereocenters. The molecule has 2 nitrogen and oxygen atoms in total. The second kappa shape index (κ2) is 2.91. The van der Waals surface area contributed by atoms with Crippen molar-refractivity contribution in [3.05, 3.63) is 23.0 Å². The Balaban J connectivity index is 2.95. The van der Waals surface area contributed by atoms with E-state index >= 15 is 0 Å². The van der Waals surface area contributed by atoms with Crippen molar-refractivity contribution in [1.29, 1.82) is 0 Å². The van der Waals surface area contributed by atoms with Crippen LogP contribution in [0.3, 0.4) is 0 Å². The molecule has 0 atom stereocenters. The van der Waals surface area contributed by atoms with Gasteiger partial charge >= 0.3 is 0 Å². The van der Waals surface area contributed by atoms with Crippen LogP contribution in [0.4, 0.5) is 0 Å². The van der Waals surface area contributed by atoms with Gasteiger partial charge in [-0.25, -0.2) is 0 Å². The summed E-state index contributed by atoms with van der Waals surface area (Å²) in [5, 5.41) is 9.29. The van der Waals surface area contributed by atoms with E-state index < -0.39 is 0 Å². The van der Waals surface area contributed by atoms with E-state index in [1.165, 1.54) is 6.92 Å². The number of allylic oxidation sites excluding steroid dienone is 3. The molecular formula is C9H12O2. The number of carbonyl (C=O) groups excluding carboxylic acids is 1. The molecule has 0 spiro atoms. The summed E-state index contributed by atoms with van der Waals surface area (Å²) in [4.78, 5) is 10.9. The number of Topliss-reactive ketones (excluding diaryl/α,β-unsaturated/α-hetero) is 1. The van der Waals surface area contributed by atoms with Gasteiger partial charge in [0.2, 0.25) is 0 Å². The number of carbonyl (C=O) groups is 1. The molecule has 0 aromatic rings. The number of aliphatic hydroxyl groups excluding tert-OH is 1. The number of hydrogen-bond donors (Lipinski definition) is 1. The van der Waals surface area contributed by atoms with Gasteiger partial charge in [0.1, 0.15) is 5.76 Å². The van der Waals surface area contributed by atoms with Crippen LogP contribution in [0, 0.1) is 0 Å². The lowest BCUT2D eigenvalue weighted by Gasteiger charge is -2.11. The van der Waals surface area contributed by atoms with Crippen LogP contribution in [0.2, 0.25) is 0 Å². The molecule has 11 heavy (non-hydrogen) atoms. The van der Waals surface area contributed by atoms with Crippen LogP contribution in [0.5, 0.6) is 0 Å². The highest BCUT2D eigenvalue weighted by Gasteiger charge is 2.13. The van der Waals surface area contributed by atoms with Crippen molar-refractivity contribution in [1.82, 2.24) is 0 Å². The normalized spacial score (nSPS) is 18.2. The molecule has 0 aliphatic heterocycles. The van der Waals surface area contributed by atoms with Crippen molar-refractivity contribution >= 4 is 5.78 Å². The van der Waals surface area contributed by atoms with E-state index in [1.807, 2.05) is 6.92 Å². The number of aliphatic hydroxyl groups is 1. The first kappa shape index (κ1) is 8.05. The van der Waals surface area contributed by atoms with Crippen molar-refractivity contribution in [2.45, 2.75) is 26.7 Å². The summed E-state index contributed by atoms with van der Waals surface area (Å²) in [5.74, 6) is 0.132. The second-order valence-corrected chi connectivity index (χ2v) is 2.91. The van der Waals surface area contributed by atoms with Crippen LogP contribution >= 0.6 is 0 Å². The van der Waals surface area contributed by atoms with Gasteiger partial charge in [-0.2, -0.15) is 0 Å². The van der Waals surface area contributed by atoms with Crippen LogP contribution in [-0.2, 0) is 4.79 Å². The van der Waals surface area contributed by atoms with Gasteiger partial charge in [-0.15, -0.1) is 0 Å². The van der Waals surface area contributed by atoms with Gasteiger partial charge in [0, 0.05) is 5.57 Å². The van der Waals surface area contributed by atoms with E-state index in [0.29, 0.717) is 12.0 Å². The maximum Gasteiger partial charge on any atom is 0.159 e. The van der Waals surface area contributed by atoms with Gasteiger partial charge in [0.15, 0.2) is 5.78 Å². The van der Waals surface area contributed by atoms with E-state index in [-0.39, 0.29) is 11.5 Å². The Morgan fingerprint density at radius 1 is 1.55 bits per heavy atom. The fraction of sp³-hybridized carbons (Fsp3) is 0.444. The summed E-state index contributed by atoms with van der Waals surface area (Å²) in [6.07, 6.45) is 3.24. The van der Waals surface area contributed by atoms with Crippen molar-refractivity contribution in [2.75, 3.05) is 0 Å². The molecule has 60 valence electrons. The molecule has 0 amide bonds. The van der Waals surface area contributed by atoms with Crippen LogP contribution in [0.25, 0.3) is 0 Å². The lowest BCUT2D eigenvalue weighted by molar-refractivity contribution is -0.113. The predicted molar refractivity (Wildman–Crippen MR) is 43.3 cm³/mol. The first-order valence-electron chi connectivity index (χ1n) is 3.71. The van der Waals surface area contributed by atoms with E-state index in [2.05, 4.69) is 0 Å². The van der Waals surface area contributed by atoms with Gasteiger partial charge in [0.25, 0.3) is 0 Å². The molecule has 0 saturated heterocycles. The molecular weight excluding hydrogens is 140 g/mol. The Hall–Kier alpha value is -1.05. The Morgan fingerprint density at radius 2 is 2.18 bits per heavy atom. The third kappa shape index (κ3) is 1.70. The molecule has 1 aliphatic carbocycles. The molecule has 1 aliphatic rings. The van der Waals surface area contributed by atoms with Crippen molar-refractivity contribution in [2.24, 2.45) is 0 Å². The minimum atomic E-state index is -0.0220. The highest BCUT2D eigenvalue weighted by molar-refractivity contribution is 5.94. The average Bonchev–Trinajstić information content (AvgIpc) is 1.85. The van der Waals surface area contributed by atoms with Gasteiger partial charge in [0.05, 0.1) is 0 Å². The quantitative estimate of drug-likeness (QED) is 0.625. The maximum atomic E-state index is 10.9. The van der Waals surface area contributed by atoms with Crippen molar-refractivity contribution in [3.8, 4) is 0 Å². The summed E-state index contributed by atoms with van der Waals surface area (Å²) in [7, 11) is 0. The van der Waals surface area contributed by atoms with Crippen LogP contribution < -0.4 is 0 Å². The molecule has 0 heterocycles. The summed E-state index contributed by atoms with van der Waals surface area (Å²) in [6, 6.07) is 0. The summed E-state index contributed by atoms with van der Waals surface area (Å²) >= 11 is 0. The van der Waals surface area contributed by atoms with E-state index in [4.69, 9.17) is 0 Å². The zero-order chi connectivity index (χ0) is 8.43. The lowest BCUT2D eigenvalue weighted by atomic mass is 9.96. The van der Waals surface area contributed by atoms with Crippen LogP contribution in [0.15, 0.2) is 23.0 Å². The Kier molecular flexibility index (Phi) is 2.13. The fourth-order valence-electron chi connectivity index (χ4n) is 1.20. The monoisotopic (exact) mass is 152 g/mol. The summed E-state index contributed by atoms with van der Waals surface area (Å²) < 4.78 is 0. The lowest BCUT2D eigenvalue weighted by Crippen LogP contribution is -2.04.